The van der Waals surface area contributed by atoms with Gasteiger partial charge in [-0.05, 0) is 11.6 Å². The quantitative estimate of drug-likeness (QED) is 0.813. The van der Waals surface area contributed by atoms with Crippen molar-refractivity contribution < 1.29 is 19.8 Å². The molecule has 2 N–H and O–H groups in total. The van der Waals surface area contributed by atoms with Crippen molar-refractivity contribution in [2.24, 2.45) is 0 Å². The van der Waals surface area contributed by atoms with Gasteiger partial charge in [0.1, 0.15) is 0 Å². The maximum absolute atomic E-state index is 11.3. The van der Waals surface area contributed by atoms with E-state index in [-0.39, 0.29) is 23.6 Å². The smallest absolute Gasteiger partial charge is 0.337 e. The van der Waals surface area contributed by atoms with Crippen LogP contribution in [-0.4, -0.2) is 27.8 Å². The zero-order chi connectivity index (χ0) is 13.0. The molecule has 17 heavy (non-hydrogen) atoms. The van der Waals surface area contributed by atoms with Crippen molar-refractivity contribution in [1.82, 2.24) is 0 Å². The van der Waals surface area contributed by atoms with Crippen molar-refractivity contribution in [1.29, 1.82) is 0 Å². The highest BCUT2D eigenvalue weighted by Gasteiger charge is 2.22. The number of carbonyl (C=O) groups excluding carboxylic acids is 1. The van der Waals surface area contributed by atoms with Crippen LogP contribution in [0.4, 0.5) is 0 Å². The van der Waals surface area contributed by atoms with Gasteiger partial charge in [-0.1, -0.05) is 28.1 Å². The van der Waals surface area contributed by atoms with E-state index in [1.807, 2.05) is 0 Å². The molecule has 0 radical (unpaired) electrons. The van der Waals surface area contributed by atoms with Crippen molar-refractivity contribution in [2.45, 2.75) is 12.5 Å². The first-order valence-corrected chi connectivity index (χ1v) is 6.06. The molecule has 4 nitrogen and oxygen atoms in total. The molecule has 6 heteroatoms. The molecule has 1 aromatic carbocycles. The molecule has 0 saturated heterocycles. The largest absolute Gasteiger partial charge is 0.479 e. The first-order chi connectivity index (χ1) is 7.97. The predicted octanol–water partition coefficient (Wildman–Crippen LogP) is 1.92. The molecule has 1 unspecified atom stereocenters. The Morgan fingerprint density at radius 2 is 2.06 bits per heavy atom. The predicted molar refractivity (Wildman–Crippen MR) is 66.2 cm³/mol. The summed E-state index contributed by atoms with van der Waals surface area (Å²) in [4.78, 5) is 22.0. The molecule has 1 rings (SSSR count). The summed E-state index contributed by atoms with van der Waals surface area (Å²) in [6, 6.07) is 4.87. The Labute approximate surface area is 111 Å². The number of aliphatic hydroxyl groups excluding tert-OH is 1. The molecule has 0 aromatic heterocycles. The molecule has 92 valence electrons. The van der Waals surface area contributed by atoms with Crippen LogP contribution in [0.1, 0.15) is 17.2 Å². The van der Waals surface area contributed by atoms with Gasteiger partial charge in [0.2, 0.25) is 0 Å². The molecule has 0 spiro atoms. The fourth-order valence-electron chi connectivity index (χ4n) is 1.43. The first kappa shape index (κ1) is 14.2. The van der Waals surface area contributed by atoms with Gasteiger partial charge in [-0.2, -0.15) is 0 Å². The Bertz CT molecular complexity index is 447. The van der Waals surface area contributed by atoms with Crippen LogP contribution in [0.5, 0.6) is 0 Å². The molecule has 1 aromatic rings. The number of hydrogen-bond acceptors (Lipinski definition) is 3. The molecule has 0 amide bonds. The van der Waals surface area contributed by atoms with E-state index in [0.29, 0.717) is 10.0 Å². The van der Waals surface area contributed by atoms with E-state index >= 15 is 0 Å². The van der Waals surface area contributed by atoms with E-state index in [9.17, 15) is 14.7 Å². The van der Waals surface area contributed by atoms with Gasteiger partial charge < -0.3 is 10.2 Å². The number of alkyl halides is 1. The van der Waals surface area contributed by atoms with E-state index in [1.165, 1.54) is 0 Å². The second kappa shape index (κ2) is 6.14. The lowest BCUT2D eigenvalue weighted by atomic mass is 9.98. The summed E-state index contributed by atoms with van der Waals surface area (Å²) in [5.74, 6) is -1.74. The average molecular weight is 322 g/mol. The number of carbonyl (C=O) groups is 2. The van der Waals surface area contributed by atoms with Crippen LogP contribution in [-0.2, 0) is 16.0 Å². The highest BCUT2D eigenvalue weighted by Crippen LogP contribution is 2.28. The van der Waals surface area contributed by atoms with Gasteiger partial charge >= 0.3 is 5.97 Å². The topological polar surface area (TPSA) is 74.6 Å². The van der Waals surface area contributed by atoms with Crippen LogP contribution in [0.3, 0.4) is 0 Å². The minimum atomic E-state index is -1.66. The van der Waals surface area contributed by atoms with Gasteiger partial charge in [-0.15, -0.1) is 11.6 Å². The van der Waals surface area contributed by atoms with Crippen molar-refractivity contribution >= 4 is 39.3 Å². The highest BCUT2D eigenvalue weighted by atomic mass is 79.9. The second-order valence-corrected chi connectivity index (χ2v) is 4.52. The third kappa shape index (κ3) is 3.52. The molecule has 1 atom stereocenters. The number of halogens is 2. The molecule has 0 fully saturated rings. The fourth-order valence-corrected chi connectivity index (χ4v) is 2.14. The molecular formula is C11H10BrClO4. The van der Waals surface area contributed by atoms with E-state index in [0.717, 1.165) is 0 Å². The second-order valence-electron chi connectivity index (χ2n) is 3.40. The summed E-state index contributed by atoms with van der Waals surface area (Å²) in [5, 5.41) is 18.4. The molecule has 0 saturated carbocycles. The van der Waals surface area contributed by atoms with Crippen molar-refractivity contribution in [3.8, 4) is 0 Å². The van der Waals surface area contributed by atoms with E-state index in [4.69, 9.17) is 16.7 Å². The number of rotatable bonds is 5. The van der Waals surface area contributed by atoms with Crippen molar-refractivity contribution in [2.75, 3.05) is 5.88 Å². The number of Topliss-reactive ketones (excluding diaryl/α,β-unsaturated/α-hetero) is 1. The molecular weight excluding hydrogens is 311 g/mol. The minimum absolute atomic E-state index is 0.00259. The normalized spacial score (nSPS) is 12.2. The lowest BCUT2D eigenvalue weighted by Gasteiger charge is -2.13. The number of hydrogen-bond donors (Lipinski definition) is 2. The Morgan fingerprint density at radius 1 is 1.41 bits per heavy atom. The molecule has 0 heterocycles. The monoisotopic (exact) mass is 320 g/mol. The van der Waals surface area contributed by atoms with Gasteiger partial charge in [-0.3, -0.25) is 4.79 Å². The van der Waals surface area contributed by atoms with Gasteiger partial charge in [-0.25, -0.2) is 4.79 Å². The summed E-state index contributed by atoms with van der Waals surface area (Å²) >= 11 is 8.56. The minimum Gasteiger partial charge on any atom is -0.479 e. The van der Waals surface area contributed by atoms with Crippen molar-refractivity contribution in [3.05, 3.63) is 33.8 Å². The van der Waals surface area contributed by atoms with Gasteiger partial charge in [0.05, 0.1) is 5.88 Å². The average Bonchev–Trinajstić information content (AvgIpc) is 2.28. The van der Waals surface area contributed by atoms with Gasteiger partial charge in [0, 0.05) is 16.5 Å². The Balaban J connectivity index is 3.17. The maximum atomic E-state index is 11.3. The van der Waals surface area contributed by atoms with E-state index in [2.05, 4.69) is 15.9 Å². The summed E-state index contributed by atoms with van der Waals surface area (Å²) in [6.45, 7) is 0. The van der Waals surface area contributed by atoms with Gasteiger partial charge in [0.25, 0.3) is 0 Å². The Kier molecular flexibility index (Phi) is 5.11. The van der Waals surface area contributed by atoms with Crippen LogP contribution in [0.2, 0.25) is 0 Å². The zero-order valence-electron chi connectivity index (χ0n) is 8.69. The first-order valence-electron chi connectivity index (χ1n) is 4.73. The van der Waals surface area contributed by atoms with Crippen LogP contribution in [0, 0.1) is 0 Å². The van der Waals surface area contributed by atoms with Crippen molar-refractivity contribution in [3.63, 3.8) is 0 Å². The number of carboxylic acid groups (broad SMARTS) is 1. The standard InChI is InChI=1S/C11H10BrClO4/c12-8-3-1-2-6(4-7(14)5-13)9(8)10(15)11(16)17/h1-3,10,15H,4-5H2,(H,16,17). The zero-order valence-corrected chi connectivity index (χ0v) is 11.0. The van der Waals surface area contributed by atoms with Gasteiger partial charge in [0.15, 0.2) is 11.9 Å². The summed E-state index contributed by atoms with van der Waals surface area (Å²) in [5.41, 5.74) is 0.651. The fraction of sp³-hybridized carbons (Fsp3) is 0.273. The van der Waals surface area contributed by atoms with Crippen LogP contribution in [0.25, 0.3) is 0 Å². The molecule has 0 aliphatic rings. The third-order valence-electron chi connectivity index (χ3n) is 2.19. The third-order valence-corrected chi connectivity index (χ3v) is 3.18. The van der Waals surface area contributed by atoms with E-state index < -0.39 is 12.1 Å². The van der Waals surface area contributed by atoms with Crippen LogP contribution >= 0.6 is 27.5 Å². The van der Waals surface area contributed by atoms with Crippen LogP contribution in [0.15, 0.2) is 22.7 Å². The number of aliphatic carboxylic acids is 1. The lowest BCUT2D eigenvalue weighted by Crippen LogP contribution is -2.15. The van der Waals surface area contributed by atoms with E-state index in [1.54, 1.807) is 18.2 Å². The number of benzene rings is 1. The number of carboxylic acids is 1. The Hall–Kier alpha value is -0.910. The maximum Gasteiger partial charge on any atom is 0.337 e. The Morgan fingerprint density at radius 3 is 2.59 bits per heavy atom. The molecule has 0 aliphatic heterocycles. The molecule has 0 aliphatic carbocycles. The highest BCUT2D eigenvalue weighted by molar-refractivity contribution is 9.10. The lowest BCUT2D eigenvalue weighted by molar-refractivity contribution is -0.147. The van der Waals surface area contributed by atoms with Crippen LogP contribution < -0.4 is 0 Å². The summed E-state index contributed by atoms with van der Waals surface area (Å²) in [7, 11) is 0. The summed E-state index contributed by atoms with van der Waals surface area (Å²) < 4.78 is 0.451. The summed E-state index contributed by atoms with van der Waals surface area (Å²) in [6.07, 6.45) is -1.66. The number of ketones is 1. The molecule has 0 bridgehead atoms. The SMILES string of the molecule is O=C(CCl)Cc1cccc(Br)c1C(O)C(=O)O. The number of aliphatic hydroxyl groups is 1.